The van der Waals surface area contributed by atoms with Gasteiger partial charge in [0.25, 0.3) is 0 Å². The van der Waals surface area contributed by atoms with Crippen LogP contribution in [-0.2, 0) is 9.59 Å². The summed E-state index contributed by atoms with van der Waals surface area (Å²) in [6, 6.07) is 0. The second-order valence-electron chi connectivity index (χ2n) is 11.5. The van der Waals surface area contributed by atoms with Crippen LogP contribution in [0.25, 0.3) is 0 Å². The maximum atomic E-state index is 13.3. The number of fused-ring (bicyclic) bond motifs is 5. The first-order valence-electron chi connectivity index (χ1n) is 11.7. The number of rotatable bonds is 3. The van der Waals surface area contributed by atoms with Crippen molar-refractivity contribution in [1.29, 1.82) is 0 Å². The number of alkyl halides is 3. The molecule has 0 unspecified atom stereocenters. The lowest BCUT2D eigenvalue weighted by Gasteiger charge is -2.57. The molecule has 178 valence electrons. The van der Waals surface area contributed by atoms with Crippen LogP contribution in [0.1, 0.15) is 72.6 Å². The molecule has 0 saturated heterocycles. The quantitative estimate of drug-likeness (QED) is 0.581. The molecule has 0 bridgehead atoms. The average molecular weight is 454 g/mol. The molecule has 0 heterocycles. The van der Waals surface area contributed by atoms with E-state index in [2.05, 4.69) is 25.2 Å². The zero-order valence-electron chi connectivity index (χ0n) is 19.3. The van der Waals surface area contributed by atoms with Gasteiger partial charge in [0.2, 0.25) is 5.91 Å². The number of allylic oxidation sites excluding steroid dienone is 3. The number of carbonyl (C=O) groups is 2. The van der Waals surface area contributed by atoms with Gasteiger partial charge in [0.05, 0.1) is 0 Å². The van der Waals surface area contributed by atoms with Crippen LogP contribution in [0.15, 0.2) is 23.3 Å². The third kappa shape index (κ3) is 3.41. The number of nitrogens with one attached hydrogen (secondary N) is 1. The van der Waals surface area contributed by atoms with Gasteiger partial charge in [-0.05, 0) is 99.0 Å². The second-order valence-corrected chi connectivity index (χ2v) is 11.5. The average Bonchev–Trinajstić information content (AvgIpc) is 3.03. The molecule has 0 aliphatic heterocycles. The van der Waals surface area contributed by atoms with Gasteiger partial charge in [0.1, 0.15) is 5.54 Å². The minimum atomic E-state index is -4.50. The molecule has 4 nitrogen and oxygen atoms in total. The van der Waals surface area contributed by atoms with Gasteiger partial charge in [-0.25, -0.2) is 4.79 Å². The summed E-state index contributed by atoms with van der Waals surface area (Å²) in [6.45, 7) is 6.40. The van der Waals surface area contributed by atoms with E-state index >= 15 is 0 Å². The lowest BCUT2D eigenvalue weighted by molar-refractivity contribution is -0.190. The normalized spacial score (nSPS) is 39.2. The minimum Gasteiger partial charge on any atom is -0.478 e. The number of carboxylic acids is 1. The Morgan fingerprint density at radius 2 is 1.78 bits per heavy atom. The van der Waals surface area contributed by atoms with Crippen molar-refractivity contribution in [2.24, 2.45) is 34.5 Å². The molecule has 4 aliphatic rings. The summed E-state index contributed by atoms with van der Waals surface area (Å²) in [5.41, 5.74) is -1.02. The van der Waals surface area contributed by atoms with Crippen molar-refractivity contribution in [2.45, 2.75) is 84.4 Å². The van der Waals surface area contributed by atoms with Crippen LogP contribution in [0.2, 0.25) is 0 Å². The largest absolute Gasteiger partial charge is 0.478 e. The Hall–Kier alpha value is -1.79. The van der Waals surface area contributed by atoms with E-state index in [1.54, 1.807) is 0 Å². The summed E-state index contributed by atoms with van der Waals surface area (Å²) in [5.74, 6) is -0.627. The fourth-order valence-corrected chi connectivity index (χ4v) is 7.39. The van der Waals surface area contributed by atoms with Gasteiger partial charge in [0.15, 0.2) is 0 Å². The zero-order valence-corrected chi connectivity index (χ0v) is 19.3. The molecule has 1 amide bonds. The summed E-state index contributed by atoms with van der Waals surface area (Å²) >= 11 is 0. The summed E-state index contributed by atoms with van der Waals surface area (Å²) < 4.78 is 40.0. The summed E-state index contributed by atoms with van der Waals surface area (Å²) in [4.78, 5) is 24.5. The Morgan fingerprint density at radius 3 is 2.41 bits per heavy atom. The fraction of sp³-hybridized carbons (Fsp3) is 0.760. The van der Waals surface area contributed by atoms with Crippen molar-refractivity contribution < 1.29 is 27.9 Å². The highest BCUT2D eigenvalue weighted by Gasteiger charge is 2.60. The molecule has 0 aromatic rings. The van der Waals surface area contributed by atoms with Crippen LogP contribution < -0.4 is 5.32 Å². The monoisotopic (exact) mass is 453 g/mol. The summed E-state index contributed by atoms with van der Waals surface area (Å²) in [5, 5.41) is 11.7. The zero-order chi connectivity index (χ0) is 23.7. The molecule has 2 saturated carbocycles. The van der Waals surface area contributed by atoms with Gasteiger partial charge in [0, 0.05) is 11.5 Å². The molecule has 0 aromatic carbocycles. The van der Waals surface area contributed by atoms with Crippen LogP contribution in [0.3, 0.4) is 0 Å². The standard InChI is InChI=1S/C25H34F3NO3/c1-22(2,25(26,27)28)29-20(30)19-8-7-17-16-6-5-15-13-14(21(31)32)9-11-23(15,3)18(16)10-12-24(17,19)4/h5,13,16-19H,6-12H2,1-4H3,(H,29,30)(H,31,32)/t16-,17-,18-,19+,23-,24-/m0/s1. The van der Waals surface area contributed by atoms with Gasteiger partial charge >= 0.3 is 12.1 Å². The molecule has 0 radical (unpaired) electrons. The first-order valence-corrected chi connectivity index (χ1v) is 11.7. The van der Waals surface area contributed by atoms with Crippen LogP contribution in [0.4, 0.5) is 13.2 Å². The molecule has 6 atom stereocenters. The molecule has 7 heteroatoms. The lowest BCUT2D eigenvalue weighted by atomic mass is 9.48. The van der Waals surface area contributed by atoms with Crippen molar-refractivity contribution in [1.82, 2.24) is 5.32 Å². The second kappa shape index (κ2) is 7.36. The highest BCUT2D eigenvalue weighted by Crippen LogP contribution is 2.66. The van der Waals surface area contributed by atoms with Crippen LogP contribution in [0, 0.1) is 34.5 Å². The van der Waals surface area contributed by atoms with Crippen LogP contribution in [0.5, 0.6) is 0 Å². The molecule has 32 heavy (non-hydrogen) atoms. The number of aliphatic carboxylic acids is 1. The van der Waals surface area contributed by atoms with Crippen molar-refractivity contribution in [3.05, 3.63) is 23.3 Å². The number of carboxylic acid groups (broad SMARTS) is 1. The van der Waals surface area contributed by atoms with Gasteiger partial charge in [-0.2, -0.15) is 13.2 Å². The molecule has 0 aromatic heterocycles. The lowest BCUT2D eigenvalue weighted by Crippen LogP contribution is -2.57. The Morgan fingerprint density at radius 1 is 1.09 bits per heavy atom. The SMILES string of the molecule is CC(C)(NC(=O)[C@H]1CC[C@H]2[C@@H]3CC=C4C=C(C(=O)O)CC[C@]4(C)[C@H]3CC[C@]12C)C(F)(F)F. The Bertz CT molecular complexity index is 889. The third-order valence-corrected chi connectivity index (χ3v) is 9.50. The Labute approximate surface area is 187 Å². The maximum absolute atomic E-state index is 13.3. The first kappa shape index (κ1) is 23.4. The number of amides is 1. The predicted molar refractivity (Wildman–Crippen MR) is 115 cm³/mol. The maximum Gasteiger partial charge on any atom is 0.410 e. The molecule has 2 fully saturated rings. The van der Waals surface area contributed by atoms with Crippen LogP contribution >= 0.6 is 0 Å². The van der Waals surface area contributed by atoms with Crippen molar-refractivity contribution in [3.63, 3.8) is 0 Å². The number of hydrogen-bond donors (Lipinski definition) is 2. The molecule has 0 spiro atoms. The van der Waals surface area contributed by atoms with E-state index in [4.69, 9.17) is 0 Å². The molecule has 4 rings (SSSR count). The van der Waals surface area contributed by atoms with Crippen molar-refractivity contribution in [3.8, 4) is 0 Å². The van der Waals surface area contributed by atoms with E-state index in [0.717, 1.165) is 51.5 Å². The molecular weight excluding hydrogens is 419 g/mol. The fourth-order valence-electron chi connectivity index (χ4n) is 7.39. The van der Waals surface area contributed by atoms with Gasteiger partial charge in [-0.3, -0.25) is 4.79 Å². The van der Waals surface area contributed by atoms with E-state index in [-0.39, 0.29) is 10.8 Å². The predicted octanol–water partition coefficient (Wildman–Crippen LogP) is 5.64. The summed E-state index contributed by atoms with van der Waals surface area (Å²) in [6.07, 6.45) is 5.00. The van der Waals surface area contributed by atoms with E-state index in [0.29, 0.717) is 36.2 Å². The summed E-state index contributed by atoms with van der Waals surface area (Å²) in [7, 11) is 0. The molecular formula is C25H34F3NO3. The Balaban J connectivity index is 1.57. The molecule has 2 N–H and O–H groups in total. The highest BCUT2D eigenvalue weighted by atomic mass is 19.4. The van der Waals surface area contributed by atoms with E-state index in [1.807, 2.05) is 6.08 Å². The molecule has 4 aliphatic carbocycles. The topological polar surface area (TPSA) is 66.4 Å². The number of carbonyl (C=O) groups excluding carboxylic acids is 1. The van der Waals surface area contributed by atoms with Gasteiger partial charge in [-0.15, -0.1) is 0 Å². The van der Waals surface area contributed by atoms with Crippen molar-refractivity contribution in [2.75, 3.05) is 0 Å². The minimum absolute atomic E-state index is 0.0676. The highest BCUT2D eigenvalue weighted by molar-refractivity contribution is 5.87. The van der Waals surface area contributed by atoms with Crippen LogP contribution in [-0.4, -0.2) is 28.7 Å². The van der Waals surface area contributed by atoms with Gasteiger partial charge in [-0.1, -0.05) is 19.9 Å². The first-order chi connectivity index (χ1) is 14.7. The van der Waals surface area contributed by atoms with E-state index in [1.165, 1.54) is 0 Å². The van der Waals surface area contributed by atoms with E-state index in [9.17, 15) is 27.9 Å². The Kier molecular flexibility index (Phi) is 5.37. The van der Waals surface area contributed by atoms with E-state index < -0.39 is 29.5 Å². The number of halogens is 3. The number of hydrogen-bond acceptors (Lipinski definition) is 2. The van der Waals surface area contributed by atoms with Crippen molar-refractivity contribution >= 4 is 11.9 Å². The van der Waals surface area contributed by atoms with Gasteiger partial charge < -0.3 is 10.4 Å². The smallest absolute Gasteiger partial charge is 0.410 e. The third-order valence-electron chi connectivity index (χ3n) is 9.50.